The SMILES string of the molecule is c1ccc(-c2cccc(N(c3ccccc3)c3cccc4c3oc3ccc5ccc(N(c6ccccc6)c6ccc7ccccc7c6)cc5c34)c2)cc1. The highest BCUT2D eigenvalue weighted by atomic mass is 16.3. The van der Waals surface area contributed by atoms with Crippen molar-refractivity contribution in [3.8, 4) is 11.1 Å². The zero-order chi connectivity index (χ0) is 35.1. The highest BCUT2D eigenvalue weighted by Gasteiger charge is 2.21. The quantitative estimate of drug-likeness (QED) is 0.167. The Hall–Kier alpha value is -7.10. The van der Waals surface area contributed by atoms with Gasteiger partial charge in [-0.05, 0) is 105 Å². The first kappa shape index (κ1) is 30.7. The van der Waals surface area contributed by atoms with Crippen LogP contribution in [-0.4, -0.2) is 0 Å². The molecule has 0 bridgehead atoms. The van der Waals surface area contributed by atoms with Gasteiger partial charge in [-0.1, -0.05) is 133 Å². The number of anilines is 6. The van der Waals surface area contributed by atoms with Crippen LogP contribution < -0.4 is 9.80 Å². The van der Waals surface area contributed by atoms with E-state index in [0.29, 0.717) is 0 Å². The predicted octanol–water partition coefficient (Wildman–Crippen LogP) is 14.5. The van der Waals surface area contributed by atoms with Crippen molar-refractivity contribution in [3.63, 3.8) is 0 Å². The fourth-order valence-electron chi connectivity index (χ4n) is 7.70. The second-order valence-corrected chi connectivity index (χ2v) is 13.4. The Balaban J connectivity index is 1.17. The monoisotopic (exact) mass is 678 g/mol. The Kier molecular flexibility index (Phi) is 7.47. The predicted molar refractivity (Wildman–Crippen MR) is 224 cm³/mol. The van der Waals surface area contributed by atoms with E-state index in [9.17, 15) is 0 Å². The lowest BCUT2D eigenvalue weighted by Gasteiger charge is -2.26. The van der Waals surface area contributed by atoms with Gasteiger partial charge in [-0.2, -0.15) is 0 Å². The molecule has 53 heavy (non-hydrogen) atoms. The molecular weight excluding hydrogens is 645 g/mol. The maximum atomic E-state index is 6.89. The normalized spacial score (nSPS) is 11.4. The van der Waals surface area contributed by atoms with Crippen LogP contribution in [0.1, 0.15) is 0 Å². The van der Waals surface area contributed by atoms with E-state index in [4.69, 9.17) is 4.42 Å². The summed E-state index contributed by atoms with van der Waals surface area (Å²) >= 11 is 0. The lowest BCUT2D eigenvalue weighted by Crippen LogP contribution is -2.10. The summed E-state index contributed by atoms with van der Waals surface area (Å²) in [5.41, 5.74) is 10.5. The van der Waals surface area contributed by atoms with E-state index in [-0.39, 0.29) is 0 Å². The van der Waals surface area contributed by atoms with Gasteiger partial charge in [0.05, 0.1) is 5.69 Å². The van der Waals surface area contributed by atoms with Crippen LogP contribution >= 0.6 is 0 Å². The van der Waals surface area contributed by atoms with Gasteiger partial charge in [0.1, 0.15) is 5.58 Å². The number of rotatable bonds is 7. The van der Waals surface area contributed by atoms with Gasteiger partial charge in [-0.25, -0.2) is 0 Å². The topological polar surface area (TPSA) is 19.6 Å². The summed E-state index contributed by atoms with van der Waals surface area (Å²) in [5.74, 6) is 0. The minimum Gasteiger partial charge on any atom is -0.454 e. The number of furan rings is 1. The minimum absolute atomic E-state index is 0.851. The molecule has 0 fully saturated rings. The van der Waals surface area contributed by atoms with Gasteiger partial charge in [0, 0.05) is 39.2 Å². The molecule has 0 saturated carbocycles. The van der Waals surface area contributed by atoms with E-state index in [1.807, 2.05) is 0 Å². The number of hydrogen-bond acceptors (Lipinski definition) is 3. The summed E-state index contributed by atoms with van der Waals surface area (Å²) in [5, 5.41) is 6.93. The molecule has 0 N–H and O–H groups in total. The third kappa shape index (κ3) is 5.47. The van der Waals surface area contributed by atoms with Crippen molar-refractivity contribution in [1.29, 1.82) is 0 Å². The van der Waals surface area contributed by atoms with Gasteiger partial charge in [0.2, 0.25) is 0 Å². The fraction of sp³-hybridized carbons (Fsp3) is 0. The summed E-state index contributed by atoms with van der Waals surface area (Å²) in [6, 6.07) is 73.2. The van der Waals surface area contributed by atoms with Crippen molar-refractivity contribution < 1.29 is 4.42 Å². The number of benzene rings is 9. The molecule has 9 aromatic carbocycles. The van der Waals surface area contributed by atoms with E-state index in [1.54, 1.807) is 0 Å². The van der Waals surface area contributed by atoms with E-state index in [2.05, 4.69) is 216 Å². The number of fused-ring (bicyclic) bond motifs is 6. The van der Waals surface area contributed by atoms with E-state index >= 15 is 0 Å². The third-order valence-electron chi connectivity index (χ3n) is 10.2. The zero-order valence-electron chi connectivity index (χ0n) is 28.9. The smallest absolute Gasteiger partial charge is 0.159 e. The first-order valence-corrected chi connectivity index (χ1v) is 18.0. The Morgan fingerprint density at radius 2 is 0.887 bits per heavy atom. The van der Waals surface area contributed by atoms with Crippen molar-refractivity contribution in [2.24, 2.45) is 0 Å². The molecule has 1 aromatic heterocycles. The van der Waals surface area contributed by atoms with Crippen LogP contribution in [0.4, 0.5) is 34.1 Å². The standard InChI is InChI=1S/C50H34N2O/c1-4-14-35(15-5-1)39-18-12-23-42(32-39)52(41-21-8-3-9-22-41)47-25-13-24-45-49-46-34-44(30-27-37(46)28-31-48(49)53-50(45)47)51(40-19-6-2-7-20-40)43-29-26-36-16-10-11-17-38(36)33-43/h1-34H. The van der Waals surface area contributed by atoms with Gasteiger partial charge in [0.15, 0.2) is 5.58 Å². The van der Waals surface area contributed by atoms with E-state index < -0.39 is 0 Å². The molecule has 10 rings (SSSR count). The Morgan fingerprint density at radius 3 is 1.66 bits per heavy atom. The second kappa shape index (κ2) is 12.9. The zero-order valence-corrected chi connectivity index (χ0v) is 28.9. The molecular formula is C50H34N2O. The summed E-state index contributed by atoms with van der Waals surface area (Å²) in [6.45, 7) is 0. The molecule has 1 heterocycles. The molecule has 0 unspecified atom stereocenters. The average molecular weight is 679 g/mol. The molecule has 0 saturated heterocycles. The van der Waals surface area contributed by atoms with Crippen molar-refractivity contribution in [1.82, 2.24) is 0 Å². The van der Waals surface area contributed by atoms with Gasteiger partial charge >= 0.3 is 0 Å². The molecule has 0 aliphatic rings. The van der Waals surface area contributed by atoms with Gasteiger partial charge in [0.25, 0.3) is 0 Å². The molecule has 3 heteroatoms. The number of nitrogens with zero attached hydrogens (tertiary/aromatic N) is 2. The summed E-state index contributed by atoms with van der Waals surface area (Å²) < 4.78 is 6.89. The molecule has 0 aliphatic heterocycles. The van der Waals surface area contributed by atoms with Crippen LogP contribution in [0, 0.1) is 0 Å². The molecule has 0 amide bonds. The second-order valence-electron chi connectivity index (χ2n) is 13.4. The van der Waals surface area contributed by atoms with E-state index in [0.717, 1.165) is 72.4 Å². The molecule has 0 aliphatic carbocycles. The van der Waals surface area contributed by atoms with Crippen molar-refractivity contribution in [3.05, 3.63) is 206 Å². The van der Waals surface area contributed by atoms with Crippen LogP contribution in [0.15, 0.2) is 211 Å². The molecule has 0 atom stereocenters. The van der Waals surface area contributed by atoms with Crippen molar-refractivity contribution >= 4 is 77.6 Å². The maximum Gasteiger partial charge on any atom is 0.159 e. The minimum atomic E-state index is 0.851. The highest BCUT2D eigenvalue weighted by Crippen LogP contribution is 2.45. The molecule has 0 radical (unpaired) electrons. The molecule has 3 nitrogen and oxygen atoms in total. The molecule has 250 valence electrons. The number of hydrogen-bond donors (Lipinski definition) is 0. The highest BCUT2D eigenvalue weighted by molar-refractivity contribution is 6.21. The van der Waals surface area contributed by atoms with Gasteiger partial charge < -0.3 is 14.2 Å². The summed E-state index contributed by atoms with van der Waals surface area (Å²) in [7, 11) is 0. The first-order valence-electron chi connectivity index (χ1n) is 18.0. The Morgan fingerprint density at radius 1 is 0.321 bits per heavy atom. The average Bonchev–Trinajstić information content (AvgIpc) is 3.62. The maximum absolute atomic E-state index is 6.89. The molecule has 10 aromatic rings. The lowest BCUT2D eigenvalue weighted by molar-refractivity contribution is 0.669. The van der Waals surface area contributed by atoms with Crippen molar-refractivity contribution in [2.45, 2.75) is 0 Å². The third-order valence-corrected chi connectivity index (χ3v) is 10.2. The first-order chi connectivity index (χ1) is 26.3. The van der Waals surface area contributed by atoms with Crippen molar-refractivity contribution in [2.75, 3.05) is 9.80 Å². The Labute approximate surface area is 308 Å². The Bertz CT molecular complexity index is 2900. The fourth-order valence-corrected chi connectivity index (χ4v) is 7.70. The summed E-state index contributed by atoms with van der Waals surface area (Å²) in [4.78, 5) is 4.65. The van der Waals surface area contributed by atoms with E-state index in [1.165, 1.54) is 16.3 Å². The van der Waals surface area contributed by atoms with Gasteiger partial charge in [-0.3, -0.25) is 0 Å². The van der Waals surface area contributed by atoms with Crippen LogP contribution in [-0.2, 0) is 0 Å². The van der Waals surface area contributed by atoms with Crippen LogP contribution in [0.2, 0.25) is 0 Å². The number of para-hydroxylation sites is 3. The van der Waals surface area contributed by atoms with Gasteiger partial charge in [-0.15, -0.1) is 0 Å². The van der Waals surface area contributed by atoms with Crippen LogP contribution in [0.5, 0.6) is 0 Å². The van der Waals surface area contributed by atoms with Crippen LogP contribution in [0.25, 0.3) is 54.6 Å². The molecule has 0 spiro atoms. The van der Waals surface area contributed by atoms with Crippen LogP contribution in [0.3, 0.4) is 0 Å². The summed E-state index contributed by atoms with van der Waals surface area (Å²) in [6.07, 6.45) is 0. The largest absolute Gasteiger partial charge is 0.454 e. The lowest BCUT2D eigenvalue weighted by atomic mass is 10.0.